The Bertz CT molecular complexity index is 662. The smallest absolute Gasteiger partial charge is 0.294 e. The molecule has 0 bridgehead atoms. The quantitative estimate of drug-likeness (QED) is 0.508. The van der Waals surface area contributed by atoms with Crippen molar-refractivity contribution in [1.82, 2.24) is 0 Å². The third-order valence-electron chi connectivity index (χ3n) is 2.26. The molecule has 10 heteroatoms. The van der Waals surface area contributed by atoms with Gasteiger partial charge in [0.1, 0.15) is 16.4 Å². The summed E-state index contributed by atoms with van der Waals surface area (Å²) in [5, 5.41) is 13.0. The lowest BCUT2D eigenvalue weighted by molar-refractivity contribution is -0.384. The number of nitro groups is 1. The van der Waals surface area contributed by atoms with E-state index in [9.17, 15) is 27.7 Å². The molecule has 0 saturated heterocycles. The van der Waals surface area contributed by atoms with E-state index in [0.717, 1.165) is 0 Å². The number of hydrogen-bond acceptors (Lipinski definition) is 5. The highest BCUT2D eigenvalue weighted by Gasteiger charge is 2.25. The Labute approximate surface area is 118 Å². The van der Waals surface area contributed by atoms with Gasteiger partial charge >= 0.3 is 0 Å². The maximum Gasteiger partial charge on any atom is 0.294 e. The summed E-state index contributed by atoms with van der Waals surface area (Å²) >= 11 is 0. The number of nitrogens with one attached hydrogen (secondary N) is 1. The fourth-order valence-electron chi connectivity index (χ4n) is 1.42. The van der Waals surface area contributed by atoms with Crippen LogP contribution in [0, 0.1) is 15.9 Å². The zero-order valence-corrected chi connectivity index (χ0v) is 11.8. The maximum absolute atomic E-state index is 13.6. The Morgan fingerprint density at radius 1 is 1.50 bits per heavy atom. The molecule has 0 saturated carbocycles. The molecule has 7 nitrogen and oxygen atoms in total. The molecule has 0 aliphatic carbocycles. The summed E-state index contributed by atoms with van der Waals surface area (Å²) in [7, 11) is 0.506. The van der Waals surface area contributed by atoms with Gasteiger partial charge in [0.05, 0.1) is 4.92 Å². The number of amides is 1. The molecule has 0 aromatic heterocycles. The van der Waals surface area contributed by atoms with Crippen LogP contribution in [0.5, 0.6) is 0 Å². The van der Waals surface area contributed by atoms with Crippen LogP contribution in [0.2, 0.25) is 0 Å². The molecular formula is C10H10ClFN2O5S. The van der Waals surface area contributed by atoms with Crippen molar-refractivity contribution in [1.29, 1.82) is 0 Å². The number of hydrogen-bond donors (Lipinski definition) is 1. The van der Waals surface area contributed by atoms with E-state index in [0.29, 0.717) is 18.6 Å². The Morgan fingerprint density at radius 3 is 2.55 bits per heavy atom. The highest BCUT2D eigenvalue weighted by molar-refractivity contribution is 8.13. The van der Waals surface area contributed by atoms with Crippen molar-refractivity contribution in [3.63, 3.8) is 0 Å². The molecule has 110 valence electrons. The highest BCUT2D eigenvalue weighted by Crippen LogP contribution is 2.31. The van der Waals surface area contributed by atoms with Crippen molar-refractivity contribution in [2.24, 2.45) is 0 Å². The number of nitrogens with zero attached hydrogens (tertiary/aromatic N) is 1. The average molecular weight is 325 g/mol. The van der Waals surface area contributed by atoms with Gasteiger partial charge in [0.2, 0.25) is 5.91 Å². The molecule has 0 spiro atoms. The second-order valence-corrected chi connectivity index (χ2v) is 6.33. The van der Waals surface area contributed by atoms with E-state index in [4.69, 9.17) is 10.7 Å². The fourth-order valence-corrected chi connectivity index (χ4v) is 2.32. The highest BCUT2D eigenvalue weighted by atomic mass is 35.7. The largest absolute Gasteiger partial charge is 0.320 e. The zero-order valence-electron chi connectivity index (χ0n) is 10.2. The monoisotopic (exact) mass is 324 g/mol. The van der Waals surface area contributed by atoms with Gasteiger partial charge in [-0.05, 0) is 6.42 Å². The summed E-state index contributed by atoms with van der Waals surface area (Å²) in [4.78, 5) is 20.3. The summed E-state index contributed by atoms with van der Waals surface area (Å²) in [6.45, 7) is 1.72. The minimum atomic E-state index is -4.46. The number of carbonyl (C=O) groups is 1. The Kier molecular flexibility index (Phi) is 5.01. The molecule has 0 radical (unpaired) electrons. The Hall–Kier alpha value is -1.74. The topological polar surface area (TPSA) is 106 Å². The van der Waals surface area contributed by atoms with Crippen molar-refractivity contribution < 1.29 is 22.5 Å². The minimum absolute atomic E-state index is 0.0916. The van der Waals surface area contributed by atoms with Crippen LogP contribution in [0.3, 0.4) is 0 Å². The predicted octanol–water partition coefficient (Wildman–Crippen LogP) is 2.40. The molecule has 0 aliphatic rings. The SMILES string of the molecule is CCCC(=O)Nc1cc(F)c(S(=O)(=O)Cl)cc1[N+](=O)[O-]. The third-order valence-corrected chi connectivity index (χ3v) is 3.60. The standard InChI is InChI=1S/C10H10ClFN2O5S/c1-2-3-10(15)13-7-4-6(12)9(20(11,18)19)5-8(7)14(16)17/h4-5H,2-3H2,1H3,(H,13,15). The molecule has 1 amide bonds. The van der Waals surface area contributed by atoms with E-state index in [1.54, 1.807) is 6.92 Å². The number of nitro benzene ring substituents is 1. The van der Waals surface area contributed by atoms with Crippen molar-refractivity contribution in [2.45, 2.75) is 24.7 Å². The first-order valence-electron chi connectivity index (χ1n) is 5.39. The first kappa shape index (κ1) is 16.3. The minimum Gasteiger partial charge on any atom is -0.320 e. The van der Waals surface area contributed by atoms with Gasteiger partial charge in [-0.15, -0.1) is 0 Å². The third kappa shape index (κ3) is 3.87. The summed E-state index contributed by atoms with van der Waals surface area (Å²) in [6.07, 6.45) is 0.588. The molecule has 0 atom stereocenters. The molecule has 0 aliphatic heterocycles. The van der Waals surface area contributed by atoms with E-state index >= 15 is 0 Å². The van der Waals surface area contributed by atoms with Gasteiger partial charge in [0, 0.05) is 29.2 Å². The van der Waals surface area contributed by atoms with Crippen molar-refractivity contribution >= 4 is 37.0 Å². The van der Waals surface area contributed by atoms with Crippen molar-refractivity contribution in [2.75, 3.05) is 5.32 Å². The van der Waals surface area contributed by atoms with Crippen LogP contribution in [0.15, 0.2) is 17.0 Å². The number of rotatable bonds is 5. The van der Waals surface area contributed by atoms with E-state index in [1.807, 2.05) is 0 Å². The van der Waals surface area contributed by atoms with Crippen LogP contribution < -0.4 is 5.32 Å². The van der Waals surface area contributed by atoms with Crippen LogP contribution >= 0.6 is 10.7 Å². The van der Waals surface area contributed by atoms with Gasteiger partial charge < -0.3 is 5.32 Å². The first-order chi connectivity index (χ1) is 9.16. The first-order valence-corrected chi connectivity index (χ1v) is 7.70. The van der Waals surface area contributed by atoms with Gasteiger partial charge in [-0.25, -0.2) is 12.8 Å². The second-order valence-electron chi connectivity index (χ2n) is 3.79. The molecule has 1 aromatic rings. The van der Waals surface area contributed by atoms with E-state index in [1.165, 1.54) is 0 Å². The normalized spacial score (nSPS) is 11.2. The number of halogens is 2. The average Bonchev–Trinajstić information content (AvgIpc) is 2.26. The van der Waals surface area contributed by atoms with Crippen LogP contribution in [-0.2, 0) is 13.8 Å². The summed E-state index contributed by atoms with van der Waals surface area (Å²) in [6, 6.07) is 1.03. The van der Waals surface area contributed by atoms with Gasteiger partial charge in [-0.2, -0.15) is 0 Å². The van der Waals surface area contributed by atoms with Crippen molar-refractivity contribution in [3.05, 3.63) is 28.1 Å². The Morgan fingerprint density at radius 2 is 2.10 bits per heavy atom. The molecule has 0 fully saturated rings. The fraction of sp³-hybridized carbons (Fsp3) is 0.300. The van der Waals surface area contributed by atoms with Gasteiger partial charge in [0.25, 0.3) is 14.7 Å². The maximum atomic E-state index is 13.6. The molecule has 1 N–H and O–H groups in total. The predicted molar refractivity (Wildman–Crippen MR) is 69.6 cm³/mol. The molecule has 20 heavy (non-hydrogen) atoms. The lowest BCUT2D eigenvalue weighted by atomic mass is 10.2. The molecule has 1 rings (SSSR count). The molecular weight excluding hydrogens is 315 g/mol. The van der Waals surface area contributed by atoms with E-state index in [2.05, 4.69) is 5.32 Å². The van der Waals surface area contributed by atoms with Gasteiger partial charge in [-0.3, -0.25) is 14.9 Å². The molecule has 0 heterocycles. The zero-order chi connectivity index (χ0) is 15.5. The summed E-state index contributed by atoms with van der Waals surface area (Å²) < 4.78 is 35.7. The second kappa shape index (κ2) is 6.14. The number of benzene rings is 1. The lowest BCUT2D eigenvalue weighted by Crippen LogP contribution is -2.13. The lowest BCUT2D eigenvalue weighted by Gasteiger charge is -2.07. The summed E-state index contributed by atoms with van der Waals surface area (Å²) in [5.74, 6) is -1.83. The van der Waals surface area contributed by atoms with Crippen molar-refractivity contribution in [3.8, 4) is 0 Å². The van der Waals surface area contributed by atoms with Gasteiger partial charge in [-0.1, -0.05) is 6.92 Å². The van der Waals surface area contributed by atoms with E-state index in [-0.39, 0.29) is 6.42 Å². The van der Waals surface area contributed by atoms with E-state index < -0.39 is 42.0 Å². The van der Waals surface area contributed by atoms with Crippen LogP contribution in [-0.4, -0.2) is 19.2 Å². The number of anilines is 1. The summed E-state index contributed by atoms with van der Waals surface area (Å²) in [5.41, 5.74) is -1.18. The van der Waals surface area contributed by atoms with Crippen LogP contribution in [0.25, 0.3) is 0 Å². The van der Waals surface area contributed by atoms with Gasteiger partial charge in [0.15, 0.2) is 0 Å². The van der Waals surface area contributed by atoms with Crippen LogP contribution in [0.4, 0.5) is 15.8 Å². The molecule has 0 unspecified atom stereocenters. The Balaban J connectivity index is 3.36. The van der Waals surface area contributed by atoms with Crippen LogP contribution in [0.1, 0.15) is 19.8 Å². The molecule has 1 aromatic carbocycles. The number of carbonyl (C=O) groups excluding carboxylic acids is 1.